The molecule has 0 unspecified atom stereocenters. The highest BCUT2D eigenvalue weighted by atomic mass is 16.6. The first-order valence-electron chi connectivity index (χ1n) is 3.81. The Morgan fingerprint density at radius 3 is 2.40 bits per heavy atom. The number of rotatable bonds is 2. The van der Waals surface area contributed by atoms with Gasteiger partial charge in [0.05, 0.1) is 6.10 Å². The van der Waals surface area contributed by atoms with Crippen molar-refractivity contribution in [2.24, 2.45) is 5.73 Å². The molecule has 0 atom stereocenters. The first-order valence-corrected chi connectivity index (χ1v) is 3.81. The van der Waals surface area contributed by atoms with Gasteiger partial charge in [-0.3, -0.25) is 0 Å². The van der Waals surface area contributed by atoms with E-state index in [-0.39, 0.29) is 12.9 Å². The molecule has 0 bridgehead atoms. The zero-order valence-electron chi connectivity index (χ0n) is 6.12. The third-order valence-electron chi connectivity index (χ3n) is 2.03. The minimum Gasteiger partial charge on any atom is -0.371 e. The van der Waals surface area contributed by atoms with Gasteiger partial charge < -0.3 is 15.6 Å². The Balaban J connectivity index is 2.13. The number of aliphatic hydroxyl groups excluding tert-OH is 1. The standard InChI is InChI=1S/C7H15NO2/c8-6-1-3-7(4-2-6)10-5-9/h6-7,9H,1-5,8H2. The maximum atomic E-state index is 8.43. The lowest BCUT2D eigenvalue weighted by Gasteiger charge is -2.25. The molecule has 0 amide bonds. The van der Waals surface area contributed by atoms with E-state index in [0.717, 1.165) is 25.7 Å². The number of hydrogen-bond acceptors (Lipinski definition) is 3. The molecule has 3 nitrogen and oxygen atoms in total. The smallest absolute Gasteiger partial charge is 0.143 e. The van der Waals surface area contributed by atoms with Gasteiger partial charge in [-0.25, -0.2) is 0 Å². The fourth-order valence-electron chi connectivity index (χ4n) is 1.36. The van der Waals surface area contributed by atoms with Crippen molar-refractivity contribution in [2.45, 2.75) is 37.8 Å². The van der Waals surface area contributed by atoms with Gasteiger partial charge >= 0.3 is 0 Å². The van der Waals surface area contributed by atoms with Gasteiger partial charge in [0.2, 0.25) is 0 Å². The van der Waals surface area contributed by atoms with E-state index in [1.807, 2.05) is 0 Å². The Bertz CT molecular complexity index is 89.6. The number of ether oxygens (including phenoxy) is 1. The van der Waals surface area contributed by atoms with E-state index in [1.165, 1.54) is 0 Å². The quantitative estimate of drug-likeness (QED) is 0.547. The van der Waals surface area contributed by atoms with Crippen LogP contribution in [-0.4, -0.2) is 24.0 Å². The van der Waals surface area contributed by atoms with Crippen molar-refractivity contribution in [3.63, 3.8) is 0 Å². The molecule has 1 aliphatic rings. The Morgan fingerprint density at radius 1 is 1.30 bits per heavy atom. The van der Waals surface area contributed by atoms with E-state index < -0.39 is 0 Å². The number of aliphatic hydroxyl groups is 1. The molecule has 0 saturated heterocycles. The molecule has 60 valence electrons. The Labute approximate surface area is 61.2 Å². The third kappa shape index (κ3) is 2.25. The van der Waals surface area contributed by atoms with Gasteiger partial charge in [-0.1, -0.05) is 0 Å². The largest absolute Gasteiger partial charge is 0.371 e. The van der Waals surface area contributed by atoms with Crippen LogP contribution in [-0.2, 0) is 4.74 Å². The maximum Gasteiger partial charge on any atom is 0.143 e. The highest BCUT2D eigenvalue weighted by molar-refractivity contribution is 4.73. The molecular formula is C7H15NO2. The second-order valence-corrected chi connectivity index (χ2v) is 2.83. The minimum absolute atomic E-state index is 0.153. The lowest BCUT2D eigenvalue weighted by molar-refractivity contribution is -0.0638. The number of nitrogens with two attached hydrogens (primary N) is 1. The summed E-state index contributed by atoms with van der Waals surface area (Å²) in [7, 11) is 0. The normalized spacial score (nSPS) is 34.2. The SMILES string of the molecule is NC1CCC(OCO)CC1. The fourth-order valence-corrected chi connectivity index (χ4v) is 1.36. The van der Waals surface area contributed by atoms with Crippen LogP contribution >= 0.6 is 0 Å². The van der Waals surface area contributed by atoms with Gasteiger partial charge in [-0.15, -0.1) is 0 Å². The zero-order valence-corrected chi connectivity index (χ0v) is 6.12. The van der Waals surface area contributed by atoms with Crippen molar-refractivity contribution >= 4 is 0 Å². The average Bonchev–Trinajstić information content (AvgIpc) is 1.95. The van der Waals surface area contributed by atoms with E-state index in [4.69, 9.17) is 15.6 Å². The molecular weight excluding hydrogens is 130 g/mol. The summed E-state index contributed by atoms with van der Waals surface area (Å²) >= 11 is 0. The average molecular weight is 145 g/mol. The Hall–Kier alpha value is -0.120. The van der Waals surface area contributed by atoms with Crippen LogP contribution in [0.5, 0.6) is 0 Å². The Kier molecular flexibility index (Phi) is 3.12. The molecule has 1 fully saturated rings. The highest BCUT2D eigenvalue weighted by Gasteiger charge is 2.17. The van der Waals surface area contributed by atoms with Gasteiger partial charge in [0, 0.05) is 6.04 Å². The molecule has 10 heavy (non-hydrogen) atoms. The summed E-state index contributed by atoms with van der Waals surface area (Å²) < 4.78 is 5.03. The minimum atomic E-state index is -0.153. The highest BCUT2D eigenvalue weighted by Crippen LogP contribution is 2.19. The van der Waals surface area contributed by atoms with Crippen LogP contribution < -0.4 is 5.73 Å². The molecule has 3 heteroatoms. The molecule has 1 rings (SSSR count). The summed E-state index contributed by atoms with van der Waals surface area (Å²) in [4.78, 5) is 0. The van der Waals surface area contributed by atoms with Crippen LogP contribution in [0.2, 0.25) is 0 Å². The van der Waals surface area contributed by atoms with E-state index in [1.54, 1.807) is 0 Å². The predicted octanol–water partition coefficient (Wildman–Crippen LogP) is 0.223. The molecule has 0 radical (unpaired) electrons. The van der Waals surface area contributed by atoms with Crippen LogP contribution in [0, 0.1) is 0 Å². The van der Waals surface area contributed by atoms with E-state index in [9.17, 15) is 0 Å². The third-order valence-corrected chi connectivity index (χ3v) is 2.03. The lowest BCUT2D eigenvalue weighted by Crippen LogP contribution is -2.30. The molecule has 0 aliphatic heterocycles. The summed E-state index contributed by atoms with van der Waals surface area (Å²) in [6.07, 6.45) is 4.32. The summed E-state index contributed by atoms with van der Waals surface area (Å²) in [5, 5.41) is 8.43. The van der Waals surface area contributed by atoms with Gasteiger partial charge in [0.15, 0.2) is 0 Å². The monoisotopic (exact) mass is 145 g/mol. The first kappa shape index (κ1) is 7.98. The molecule has 0 aromatic heterocycles. The van der Waals surface area contributed by atoms with E-state index >= 15 is 0 Å². The second kappa shape index (κ2) is 3.91. The molecule has 1 saturated carbocycles. The van der Waals surface area contributed by atoms with Gasteiger partial charge in [0.1, 0.15) is 6.79 Å². The van der Waals surface area contributed by atoms with Crippen molar-refractivity contribution in [1.82, 2.24) is 0 Å². The summed E-state index contributed by atoms with van der Waals surface area (Å²) in [6, 6.07) is 0.360. The first-order chi connectivity index (χ1) is 4.83. The zero-order chi connectivity index (χ0) is 7.40. The van der Waals surface area contributed by atoms with Gasteiger partial charge in [-0.05, 0) is 25.7 Å². The van der Waals surface area contributed by atoms with E-state index in [2.05, 4.69) is 0 Å². The van der Waals surface area contributed by atoms with Crippen LogP contribution in [0.4, 0.5) is 0 Å². The van der Waals surface area contributed by atoms with Crippen LogP contribution in [0.25, 0.3) is 0 Å². The van der Waals surface area contributed by atoms with Crippen molar-refractivity contribution in [2.75, 3.05) is 6.79 Å². The summed E-state index contributed by atoms with van der Waals surface area (Å²) in [6.45, 7) is -0.153. The van der Waals surface area contributed by atoms with Crippen LogP contribution in [0.1, 0.15) is 25.7 Å². The maximum absolute atomic E-state index is 8.43. The summed E-state index contributed by atoms with van der Waals surface area (Å²) in [5.74, 6) is 0. The van der Waals surface area contributed by atoms with Gasteiger partial charge in [-0.2, -0.15) is 0 Å². The van der Waals surface area contributed by atoms with Gasteiger partial charge in [0.25, 0.3) is 0 Å². The lowest BCUT2D eigenvalue weighted by atomic mass is 9.94. The van der Waals surface area contributed by atoms with Crippen molar-refractivity contribution < 1.29 is 9.84 Å². The van der Waals surface area contributed by atoms with Crippen LogP contribution in [0.15, 0.2) is 0 Å². The molecule has 0 heterocycles. The van der Waals surface area contributed by atoms with E-state index in [0.29, 0.717) is 6.04 Å². The second-order valence-electron chi connectivity index (χ2n) is 2.83. The predicted molar refractivity (Wildman–Crippen MR) is 38.4 cm³/mol. The van der Waals surface area contributed by atoms with Crippen LogP contribution in [0.3, 0.4) is 0 Å². The fraction of sp³-hybridized carbons (Fsp3) is 1.00. The van der Waals surface area contributed by atoms with Crippen molar-refractivity contribution in [1.29, 1.82) is 0 Å². The molecule has 1 aliphatic carbocycles. The molecule has 0 spiro atoms. The molecule has 0 aromatic carbocycles. The Morgan fingerprint density at radius 2 is 1.90 bits per heavy atom. The van der Waals surface area contributed by atoms with Crippen molar-refractivity contribution in [3.8, 4) is 0 Å². The topological polar surface area (TPSA) is 55.5 Å². The number of hydrogen-bond donors (Lipinski definition) is 2. The molecule has 3 N–H and O–H groups in total. The summed E-state index contributed by atoms with van der Waals surface area (Å²) in [5.41, 5.74) is 5.68. The molecule has 0 aromatic rings. The van der Waals surface area contributed by atoms with Crippen molar-refractivity contribution in [3.05, 3.63) is 0 Å².